The number of nitrogens with zero attached hydrogens (tertiary/aromatic N) is 1. The molecule has 3 atom stereocenters. The normalized spacial score (nSPS) is 30.5. The first-order valence-corrected chi connectivity index (χ1v) is 7.20. The quantitative estimate of drug-likeness (QED) is 0.860. The van der Waals surface area contributed by atoms with Crippen LogP contribution in [0.5, 0.6) is 0 Å². The van der Waals surface area contributed by atoms with Crippen LogP contribution in [0, 0.1) is 26.7 Å². The Hall–Kier alpha value is -1.02. The molecule has 2 heterocycles. The van der Waals surface area contributed by atoms with E-state index in [0.29, 0.717) is 6.04 Å². The molecule has 0 saturated carbocycles. The number of benzene rings is 1. The number of rotatable bonds is 2. The molecule has 1 aromatic rings. The second-order valence-corrected chi connectivity index (χ2v) is 6.16. The van der Waals surface area contributed by atoms with Crippen LogP contribution in [0.4, 0.5) is 5.69 Å². The molecule has 1 N–H and O–H groups in total. The van der Waals surface area contributed by atoms with Gasteiger partial charge in [0.1, 0.15) is 0 Å². The van der Waals surface area contributed by atoms with Crippen molar-refractivity contribution in [1.29, 1.82) is 0 Å². The van der Waals surface area contributed by atoms with E-state index in [1.54, 1.807) is 0 Å². The van der Waals surface area contributed by atoms with E-state index in [1.807, 2.05) is 0 Å². The van der Waals surface area contributed by atoms with Gasteiger partial charge < -0.3 is 10.2 Å². The summed E-state index contributed by atoms with van der Waals surface area (Å²) >= 11 is 0. The van der Waals surface area contributed by atoms with Gasteiger partial charge in [-0.15, -0.1) is 0 Å². The molecule has 2 fully saturated rings. The highest BCUT2D eigenvalue weighted by Gasteiger charge is 2.34. The van der Waals surface area contributed by atoms with Crippen molar-refractivity contribution in [1.82, 2.24) is 4.90 Å². The van der Waals surface area contributed by atoms with Gasteiger partial charge in [-0.05, 0) is 57.2 Å². The number of piperidine rings is 1. The smallest absolute Gasteiger partial charge is 0.0402 e. The Morgan fingerprint density at radius 1 is 1.06 bits per heavy atom. The van der Waals surface area contributed by atoms with Crippen molar-refractivity contribution in [2.24, 2.45) is 5.92 Å². The summed E-state index contributed by atoms with van der Waals surface area (Å²) in [5.41, 5.74) is 5.54. The first-order chi connectivity index (χ1) is 8.63. The van der Waals surface area contributed by atoms with E-state index in [4.69, 9.17) is 0 Å². The van der Waals surface area contributed by atoms with Gasteiger partial charge in [0, 0.05) is 24.8 Å². The molecular weight excluding hydrogens is 220 g/mol. The van der Waals surface area contributed by atoms with Crippen LogP contribution in [0.1, 0.15) is 29.5 Å². The van der Waals surface area contributed by atoms with E-state index in [2.05, 4.69) is 43.1 Å². The third-order valence-corrected chi connectivity index (χ3v) is 4.64. The zero-order valence-corrected chi connectivity index (χ0v) is 11.8. The second kappa shape index (κ2) is 4.58. The molecule has 2 aliphatic rings. The maximum Gasteiger partial charge on any atom is 0.0402 e. The van der Waals surface area contributed by atoms with Gasteiger partial charge >= 0.3 is 0 Å². The molecule has 2 heteroatoms. The van der Waals surface area contributed by atoms with E-state index in [9.17, 15) is 0 Å². The van der Waals surface area contributed by atoms with Gasteiger partial charge in [0.25, 0.3) is 0 Å². The fourth-order valence-corrected chi connectivity index (χ4v) is 3.73. The molecule has 0 aromatic heterocycles. The zero-order valence-electron chi connectivity index (χ0n) is 11.8. The molecule has 0 radical (unpaired) electrons. The predicted molar refractivity (Wildman–Crippen MR) is 77.2 cm³/mol. The highest BCUT2D eigenvalue weighted by Crippen LogP contribution is 2.31. The molecule has 0 aliphatic carbocycles. The minimum atomic E-state index is 0.684. The number of hydrogen-bond donors (Lipinski definition) is 1. The summed E-state index contributed by atoms with van der Waals surface area (Å²) in [6.07, 6.45) is 2.68. The Morgan fingerprint density at radius 2 is 1.72 bits per heavy atom. The van der Waals surface area contributed by atoms with Gasteiger partial charge in [-0.3, -0.25) is 0 Å². The van der Waals surface area contributed by atoms with Crippen LogP contribution in [0.15, 0.2) is 12.1 Å². The Balaban J connectivity index is 1.80. The average Bonchev–Trinajstić information content (AvgIpc) is 2.69. The fourth-order valence-electron chi connectivity index (χ4n) is 3.73. The maximum atomic E-state index is 3.85. The summed E-state index contributed by atoms with van der Waals surface area (Å²) < 4.78 is 0. The monoisotopic (exact) mass is 244 g/mol. The molecule has 3 unspecified atom stereocenters. The van der Waals surface area contributed by atoms with Crippen LogP contribution in [-0.4, -0.2) is 30.6 Å². The molecule has 1 aromatic carbocycles. The van der Waals surface area contributed by atoms with Gasteiger partial charge in [0.2, 0.25) is 0 Å². The van der Waals surface area contributed by atoms with Crippen molar-refractivity contribution in [2.45, 2.75) is 39.7 Å². The van der Waals surface area contributed by atoms with E-state index < -0.39 is 0 Å². The molecule has 2 nitrogen and oxygen atoms in total. The molecule has 3 rings (SSSR count). The van der Waals surface area contributed by atoms with Crippen molar-refractivity contribution >= 4 is 5.69 Å². The molecule has 2 aliphatic heterocycles. The van der Waals surface area contributed by atoms with Crippen molar-refractivity contribution in [3.63, 3.8) is 0 Å². The summed E-state index contributed by atoms with van der Waals surface area (Å²) in [6, 6.07) is 5.27. The lowest BCUT2D eigenvalue weighted by atomic mass is 9.93. The summed E-state index contributed by atoms with van der Waals surface area (Å²) in [7, 11) is 0. The Morgan fingerprint density at radius 3 is 2.44 bits per heavy atom. The molecular formula is C16H24N2. The molecule has 2 bridgehead atoms. The highest BCUT2D eigenvalue weighted by atomic mass is 15.2. The SMILES string of the molecule is Cc1cc(C)c(NC2CCN3CCC2C3)c(C)c1. The Labute approximate surface area is 110 Å². The maximum absolute atomic E-state index is 3.85. The largest absolute Gasteiger partial charge is 0.382 e. The Kier molecular flexibility index (Phi) is 3.06. The molecule has 0 amide bonds. The van der Waals surface area contributed by atoms with Gasteiger partial charge in [-0.1, -0.05) is 17.7 Å². The van der Waals surface area contributed by atoms with Gasteiger partial charge in [-0.25, -0.2) is 0 Å². The van der Waals surface area contributed by atoms with Crippen LogP contribution in [0.3, 0.4) is 0 Å². The van der Waals surface area contributed by atoms with Gasteiger partial charge in [0.05, 0.1) is 0 Å². The standard InChI is InChI=1S/C16H24N2/c1-11-8-12(2)16(13(3)9-11)17-15-5-7-18-6-4-14(15)10-18/h8-9,14-15,17H,4-7,10H2,1-3H3. The fraction of sp³-hybridized carbons (Fsp3) is 0.625. The Bertz CT molecular complexity index is 429. The molecule has 98 valence electrons. The van der Waals surface area contributed by atoms with Crippen LogP contribution in [0.2, 0.25) is 0 Å². The lowest BCUT2D eigenvalue weighted by molar-refractivity contribution is 0.255. The lowest BCUT2D eigenvalue weighted by Crippen LogP contribution is -2.39. The number of fused-ring (bicyclic) bond motifs is 2. The minimum absolute atomic E-state index is 0.684. The van der Waals surface area contributed by atoms with E-state index in [1.165, 1.54) is 54.9 Å². The van der Waals surface area contributed by atoms with E-state index in [0.717, 1.165) is 5.92 Å². The third-order valence-electron chi connectivity index (χ3n) is 4.64. The predicted octanol–water partition coefficient (Wildman–Crippen LogP) is 3.12. The zero-order chi connectivity index (χ0) is 12.7. The van der Waals surface area contributed by atoms with E-state index in [-0.39, 0.29) is 0 Å². The van der Waals surface area contributed by atoms with Crippen molar-refractivity contribution in [3.05, 3.63) is 28.8 Å². The summed E-state index contributed by atoms with van der Waals surface area (Å²) in [5.74, 6) is 0.860. The van der Waals surface area contributed by atoms with Crippen molar-refractivity contribution < 1.29 is 0 Å². The van der Waals surface area contributed by atoms with Crippen LogP contribution < -0.4 is 5.32 Å². The lowest BCUT2D eigenvalue weighted by Gasteiger charge is -2.32. The average molecular weight is 244 g/mol. The molecule has 0 spiro atoms. The van der Waals surface area contributed by atoms with Crippen molar-refractivity contribution in [2.75, 3.05) is 25.0 Å². The van der Waals surface area contributed by atoms with Crippen LogP contribution in [-0.2, 0) is 0 Å². The van der Waals surface area contributed by atoms with Gasteiger partial charge in [-0.2, -0.15) is 0 Å². The van der Waals surface area contributed by atoms with Crippen LogP contribution in [0.25, 0.3) is 0 Å². The molecule has 2 saturated heterocycles. The summed E-state index contributed by atoms with van der Waals surface area (Å²) in [4.78, 5) is 2.61. The summed E-state index contributed by atoms with van der Waals surface area (Å²) in [6.45, 7) is 10.5. The number of hydrogen-bond acceptors (Lipinski definition) is 2. The first kappa shape index (κ1) is 12.0. The number of aryl methyl sites for hydroxylation is 3. The molecule has 18 heavy (non-hydrogen) atoms. The minimum Gasteiger partial charge on any atom is -0.382 e. The summed E-state index contributed by atoms with van der Waals surface area (Å²) in [5, 5.41) is 3.85. The topological polar surface area (TPSA) is 15.3 Å². The second-order valence-electron chi connectivity index (χ2n) is 6.16. The highest BCUT2D eigenvalue weighted by molar-refractivity contribution is 5.58. The number of nitrogens with one attached hydrogen (secondary N) is 1. The van der Waals surface area contributed by atoms with E-state index >= 15 is 0 Å². The first-order valence-electron chi connectivity index (χ1n) is 7.20. The van der Waals surface area contributed by atoms with Gasteiger partial charge in [0.15, 0.2) is 0 Å². The van der Waals surface area contributed by atoms with Crippen molar-refractivity contribution in [3.8, 4) is 0 Å². The third kappa shape index (κ3) is 2.14. The van der Waals surface area contributed by atoms with Crippen LogP contribution >= 0.6 is 0 Å². The number of anilines is 1.